The summed E-state index contributed by atoms with van der Waals surface area (Å²) in [6.45, 7) is 2.08. The van der Waals surface area contributed by atoms with E-state index in [-0.39, 0.29) is 12.2 Å². The second-order valence-electron chi connectivity index (χ2n) is 6.28. The molecule has 0 spiro atoms. The Labute approximate surface area is 164 Å². The van der Waals surface area contributed by atoms with Crippen molar-refractivity contribution in [1.82, 2.24) is 10.9 Å². The maximum atomic E-state index is 5.53. The minimum Gasteiger partial charge on any atom is -0.497 e. The van der Waals surface area contributed by atoms with Crippen LogP contribution >= 0.6 is 11.8 Å². The Morgan fingerprint density at radius 3 is 2.67 bits per heavy atom. The van der Waals surface area contributed by atoms with Crippen LogP contribution in [0.3, 0.4) is 0 Å². The first kappa shape index (κ1) is 19.5. The van der Waals surface area contributed by atoms with Gasteiger partial charge in [0.15, 0.2) is 5.17 Å². The number of aliphatic imine (C=N–C) groups is 1. The topological polar surface area (TPSA) is 66.9 Å². The number of hydrogen-bond donors (Lipinski definition) is 3. The van der Waals surface area contributed by atoms with Gasteiger partial charge in [0, 0.05) is 23.7 Å². The highest BCUT2D eigenvalue weighted by molar-refractivity contribution is 8.13. The summed E-state index contributed by atoms with van der Waals surface area (Å²) in [5, 5.41) is 4.30. The number of amidine groups is 1. The molecule has 144 valence electrons. The van der Waals surface area contributed by atoms with Crippen molar-refractivity contribution in [3.05, 3.63) is 53.6 Å². The molecule has 2 aromatic rings. The largest absolute Gasteiger partial charge is 0.497 e. The maximum Gasteiger partial charge on any atom is 0.162 e. The zero-order valence-corrected chi connectivity index (χ0v) is 16.9. The molecule has 0 bridgehead atoms. The fraction of sp³-hybridized carbons (Fsp3) is 0.350. The lowest BCUT2D eigenvalue weighted by Crippen LogP contribution is -2.30. The van der Waals surface area contributed by atoms with Crippen LogP contribution in [0.1, 0.15) is 23.6 Å². The molecular weight excluding hydrogens is 360 g/mol. The third-order valence-electron chi connectivity index (χ3n) is 4.55. The molecule has 27 heavy (non-hydrogen) atoms. The summed E-state index contributed by atoms with van der Waals surface area (Å²) in [5.74, 6) is 1.59. The lowest BCUT2D eigenvalue weighted by atomic mass is 10.0. The first-order valence-electron chi connectivity index (χ1n) is 8.82. The van der Waals surface area contributed by atoms with Gasteiger partial charge in [-0.3, -0.25) is 0 Å². The van der Waals surface area contributed by atoms with Crippen LogP contribution in [0, 0.1) is 6.92 Å². The molecule has 1 heterocycles. The van der Waals surface area contributed by atoms with E-state index < -0.39 is 0 Å². The summed E-state index contributed by atoms with van der Waals surface area (Å²) < 4.78 is 10.8. The van der Waals surface area contributed by atoms with E-state index in [4.69, 9.17) is 14.5 Å². The van der Waals surface area contributed by atoms with Crippen LogP contribution in [0.2, 0.25) is 0 Å². The minimum absolute atomic E-state index is 0.0271. The third kappa shape index (κ3) is 4.74. The van der Waals surface area contributed by atoms with Crippen LogP contribution in [-0.4, -0.2) is 31.8 Å². The van der Waals surface area contributed by atoms with E-state index in [1.165, 1.54) is 5.56 Å². The summed E-state index contributed by atoms with van der Waals surface area (Å²) in [5.41, 5.74) is 9.95. The van der Waals surface area contributed by atoms with Gasteiger partial charge >= 0.3 is 0 Å². The Morgan fingerprint density at radius 2 is 1.96 bits per heavy atom. The van der Waals surface area contributed by atoms with Gasteiger partial charge in [0.25, 0.3) is 0 Å². The number of rotatable bonds is 5. The molecule has 7 heteroatoms. The number of hydrogen-bond acceptors (Lipinski definition) is 6. The lowest BCUT2D eigenvalue weighted by Gasteiger charge is -2.15. The molecule has 2 unspecified atom stereocenters. The monoisotopic (exact) mass is 386 g/mol. The van der Waals surface area contributed by atoms with E-state index in [1.54, 1.807) is 26.0 Å². The highest BCUT2D eigenvalue weighted by atomic mass is 32.2. The summed E-state index contributed by atoms with van der Waals surface area (Å²) in [6.07, 6.45) is 2.82. The molecule has 2 atom stereocenters. The van der Waals surface area contributed by atoms with Gasteiger partial charge in [0.2, 0.25) is 0 Å². The third-order valence-corrected chi connectivity index (χ3v) is 5.15. The highest BCUT2D eigenvalue weighted by Gasteiger charge is 2.27. The Hall–Kier alpha value is -2.22. The van der Waals surface area contributed by atoms with E-state index in [2.05, 4.69) is 35.2 Å². The van der Waals surface area contributed by atoms with Crippen molar-refractivity contribution in [2.75, 3.05) is 25.8 Å². The zero-order chi connectivity index (χ0) is 19.2. The molecule has 0 saturated carbocycles. The predicted molar refractivity (Wildman–Crippen MR) is 113 cm³/mol. The molecular formula is C20H26N4O2S. The Bertz CT molecular complexity index is 812. The van der Waals surface area contributed by atoms with Gasteiger partial charge in [-0.2, -0.15) is 0 Å². The van der Waals surface area contributed by atoms with E-state index in [0.717, 1.165) is 34.3 Å². The molecule has 1 saturated heterocycles. The Balaban J connectivity index is 1.71. The summed E-state index contributed by atoms with van der Waals surface area (Å²) in [6, 6.07) is 14.2. The molecule has 1 aliphatic rings. The minimum atomic E-state index is -0.0271. The van der Waals surface area contributed by atoms with Crippen LogP contribution in [0.4, 0.5) is 5.69 Å². The number of ether oxygens (including phenoxy) is 2. The summed E-state index contributed by atoms with van der Waals surface area (Å²) in [7, 11) is 3.33. The molecule has 3 rings (SSSR count). The number of nitrogens with one attached hydrogen (secondary N) is 3. The van der Waals surface area contributed by atoms with Crippen molar-refractivity contribution in [2.24, 2.45) is 4.99 Å². The van der Waals surface area contributed by atoms with Gasteiger partial charge < -0.3 is 14.8 Å². The van der Waals surface area contributed by atoms with E-state index in [9.17, 15) is 0 Å². The number of nitrogens with zero attached hydrogens (tertiary/aromatic N) is 1. The SMILES string of the molecule is COc1ccc(C2CC(/N=C(/Nc3ccccc3C)SC)NN2)c(OC)c1. The second-order valence-corrected chi connectivity index (χ2v) is 7.07. The second kappa shape index (κ2) is 9.12. The molecule has 0 aromatic heterocycles. The Kier molecular flexibility index (Phi) is 6.60. The van der Waals surface area contributed by atoms with Crippen LogP contribution in [0.5, 0.6) is 11.5 Å². The van der Waals surface area contributed by atoms with Gasteiger partial charge in [0.05, 0.1) is 20.3 Å². The molecule has 1 aliphatic heterocycles. The van der Waals surface area contributed by atoms with Crippen molar-refractivity contribution < 1.29 is 9.47 Å². The quantitative estimate of drug-likeness (QED) is 0.538. The molecule has 6 nitrogen and oxygen atoms in total. The number of benzene rings is 2. The van der Waals surface area contributed by atoms with Gasteiger partial charge in [-0.15, -0.1) is 0 Å². The van der Waals surface area contributed by atoms with Crippen LogP contribution in [0.15, 0.2) is 47.5 Å². The fourth-order valence-corrected chi connectivity index (χ4v) is 3.48. The van der Waals surface area contributed by atoms with Crippen molar-refractivity contribution >= 4 is 22.6 Å². The smallest absolute Gasteiger partial charge is 0.162 e. The number of para-hydroxylation sites is 1. The van der Waals surface area contributed by atoms with Crippen molar-refractivity contribution in [2.45, 2.75) is 25.6 Å². The van der Waals surface area contributed by atoms with Gasteiger partial charge in [-0.05, 0) is 30.9 Å². The maximum absolute atomic E-state index is 5.53. The number of anilines is 1. The highest BCUT2D eigenvalue weighted by Crippen LogP contribution is 2.33. The normalized spacial score (nSPS) is 19.8. The van der Waals surface area contributed by atoms with E-state index in [1.807, 2.05) is 36.6 Å². The summed E-state index contributed by atoms with van der Waals surface area (Å²) >= 11 is 1.60. The van der Waals surface area contributed by atoms with E-state index in [0.29, 0.717) is 0 Å². The fourth-order valence-electron chi connectivity index (χ4n) is 3.04. The molecule has 1 fully saturated rings. The van der Waals surface area contributed by atoms with Crippen LogP contribution in [0.25, 0.3) is 0 Å². The average molecular weight is 387 g/mol. The number of aryl methyl sites for hydroxylation is 1. The molecule has 2 aromatic carbocycles. The van der Waals surface area contributed by atoms with Crippen molar-refractivity contribution in [1.29, 1.82) is 0 Å². The van der Waals surface area contributed by atoms with Gasteiger partial charge in [0.1, 0.15) is 17.7 Å². The molecule has 3 N–H and O–H groups in total. The summed E-state index contributed by atoms with van der Waals surface area (Å²) in [4.78, 5) is 4.82. The number of thioether (sulfide) groups is 1. The first-order chi connectivity index (χ1) is 13.1. The first-order valence-corrected chi connectivity index (χ1v) is 10.0. The zero-order valence-electron chi connectivity index (χ0n) is 16.1. The number of methoxy groups -OCH3 is 2. The molecule has 0 radical (unpaired) electrons. The standard InChI is InChI=1S/C20H26N4O2S/c1-13-7-5-6-8-16(13)21-20(27-4)22-19-12-17(23-24-19)15-10-9-14(25-2)11-18(15)26-3/h5-11,17,19,23-24H,12H2,1-4H3,(H,21,22). The van der Waals surface area contributed by atoms with Crippen molar-refractivity contribution in [3.63, 3.8) is 0 Å². The van der Waals surface area contributed by atoms with Gasteiger partial charge in [-0.25, -0.2) is 15.8 Å². The lowest BCUT2D eigenvalue weighted by molar-refractivity contribution is 0.386. The van der Waals surface area contributed by atoms with Crippen molar-refractivity contribution in [3.8, 4) is 11.5 Å². The average Bonchev–Trinajstić information content (AvgIpc) is 3.16. The van der Waals surface area contributed by atoms with Crippen LogP contribution < -0.4 is 25.6 Å². The Morgan fingerprint density at radius 1 is 1.15 bits per heavy atom. The van der Waals surface area contributed by atoms with E-state index >= 15 is 0 Å². The van der Waals surface area contributed by atoms with Crippen LogP contribution in [-0.2, 0) is 0 Å². The molecule has 0 amide bonds. The molecule has 0 aliphatic carbocycles. The predicted octanol–water partition coefficient (Wildman–Crippen LogP) is 3.71. The number of hydrazine groups is 1. The van der Waals surface area contributed by atoms with Gasteiger partial charge in [-0.1, -0.05) is 36.0 Å².